The highest BCUT2D eigenvalue weighted by Gasteiger charge is 2.07. The summed E-state index contributed by atoms with van der Waals surface area (Å²) < 4.78 is 0. The van der Waals surface area contributed by atoms with Crippen molar-refractivity contribution in [1.29, 1.82) is 0 Å². The van der Waals surface area contributed by atoms with E-state index in [4.69, 9.17) is 17.3 Å². The highest BCUT2D eigenvalue weighted by molar-refractivity contribution is 7.80. The van der Waals surface area contributed by atoms with Crippen molar-refractivity contribution < 1.29 is 9.90 Å². The quantitative estimate of drug-likeness (QED) is 0.565. The summed E-state index contributed by atoms with van der Waals surface area (Å²) in [4.78, 5) is 10.9. The molecule has 0 saturated heterocycles. The zero-order valence-corrected chi connectivity index (χ0v) is 11.4. The third kappa shape index (κ3) is 4.33. The molecular weight excluding hydrogens is 248 g/mol. The molecule has 98 valence electrons. The number of rotatable bonds is 5. The van der Waals surface area contributed by atoms with Crippen LogP contribution in [0.2, 0.25) is 0 Å². The van der Waals surface area contributed by atoms with Crippen LogP contribution in [0, 0.1) is 6.92 Å². The van der Waals surface area contributed by atoms with Gasteiger partial charge in [-0.1, -0.05) is 19.4 Å². The van der Waals surface area contributed by atoms with E-state index in [-0.39, 0.29) is 5.56 Å². The third-order valence-corrected chi connectivity index (χ3v) is 2.80. The number of carbonyl (C=O) groups is 1. The number of unbranched alkanes of at least 4 members (excludes halogenated alkanes) is 1. The number of hydrogen-bond donors (Lipinski definition) is 3. The molecule has 0 aliphatic heterocycles. The summed E-state index contributed by atoms with van der Waals surface area (Å²) >= 11 is 5.15. The summed E-state index contributed by atoms with van der Waals surface area (Å²) in [5.41, 5.74) is 1.93. The lowest BCUT2D eigenvalue weighted by Crippen LogP contribution is -2.29. The topological polar surface area (TPSA) is 61.4 Å². The fourth-order valence-electron chi connectivity index (χ4n) is 1.43. The predicted molar refractivity (Wildman–Crippen MR) is 77.3 cm³/mol. The van der Waals surface area contributed by atoms with Crippen molar-refractivity contribution in [3.05, 3.63) is 29.3 Å². The van der Waals surface area contributed by atoms with E-state index in [0.717, 1.165) is 30.6 Å². The molecule has 0 heterocycles. The number of aryl methyl sites for hydroxylation is 1. The molecule has 0 atom stereocenters. The SMILES string of the molecule is CCCCNC(=S)Nc1cc(C(=O)O)ccc1C. The first-order valence-corrected chi connectivity index (χ1v) is 6.34. The Hall–Kier alpha value is -1.62. The molecular formula is C13H18N2O2S. The number of benzene rings is 1. The van der Waals surface area contributed by atoms with Gasteiger partial charge in [0.1, 0.15) is 0 Å². The normalized spacial score (nSPS) is 9.89. The zero-order chi connectivity index (χ0) is 13.5. The monoisotopic (exact) mass is 266 g/mol. The zero-order valence-electron chi connectivity index (χ0n) is 10.6. The first-order valence-electron chi connectivity index (χ1n) is 5.93. The minimum absolute atomic E-state index is 0.249. The predicted octanol–water partition coefficient (Wildman–Crippen LogP) is 2.78. The average Bonchev–Trinajstić information content (AvgIpc) is 2.32. The van der Waals surface area contributed by atoms with Crippen molar-refractivity contribution in [2.75, 3.05) is 11.9 Å². The van der Waals surface area contributed by atoms with Gasteiger partial charge in [-0.05, 0) is 43.3 Å². The summed E-state index contributed by atoms with van der Waals surface area (Å²) in [7, 11) is 0. The third-order valence-electron chi connectivity index (χ3n) is 2.55. The fraction of sp³-hybridized carbons (Fsp3) is 0.385. The van der Waals surface area contributed by atoms with Crippen LogP contribution in [0.15, 0.2) is 18.2 Å². The Morgan fingerprint density at radius 1 is 1.44 bits per heavy atom. The van der Waals surface area contributed by atoms with Crippen LogP contribution in [0.25, 0.3) is 0 Å². The van der Waals surface area contributed by atoms with E-state index in [2.05, 4.69) is 17.6 Å². The largest absolute Gasteiger partial charge is 0.478 e. The van der Waals surface area contributed by atoms with E-state index in [1.165, 1.54) is 0 Å². The van der Waals surface area contributed by atoms with Gasteiger partial charge in [0.25, 0.3) is 0 Å². The van der Waals surface area contributed by atoms with Crippen LogP contribution in [-0.4, -0.2) is 22.7 Å². The number of hydrogen-bond acceptors (Lipinski definition) is 2. The smallest absolute Gasteiger partial charge is 0.335 e. The minimum atomic E-state index is -0.942. The second-order valence-electron chi connectivity index (χ2n) is 4.07. The fourth-order valence-corrected chi connectivity index (χ4v) is 1.65. The number of nitrogens with one attached hydrogen (secondary N) is 2. The maximum atomic E-state index is 10.9. The van der Waals surface area contributed by atoms with E-state index in [9.17, 15) is 4.79 Å². The molecule has 0 aliphatic carbocycles. The molecule has 0 saturated carbocycles. The van der Waals surface area contributed by atoms with Crippen LogP contribution in [0.3, 0.4) is 0 Å². The molecule has 0 fully saturated rings. The van der Waals surface area contributed by atoms with Crippen LogP contribution in [0.4, 0.5) is 5.69 Å². The van der Waals surface area contributed by atoms with Crippen molar-refractivity contribution in [2.45, 2.75) is 26.7 Å². The van der Waals surface area contributed by atoms with E-state index in [1.54, 1.807) is 18.2 Å². The molecule has 5 heteroatoms. The van der Waals surface area contributed by atoms with Gasteiger partial charge in [-0.25, -0.2) is 4.79 Å². The summed E-state index contributed by atoms with van der Waals surface area (Å²) in [6.07, 6.45) is 2.15. The average molecular weight is 266 g/mol. The molecule has 0 bridgehead atoms. The van der Waals surface area contributed by atoms with Crippen LogP contribution < -0.4 is 10.6 Å². The minimum Gasteiger partial charge on any atom is -0.478 e. The molecule has 1 aromatic rings. The summed E-state index contributed by atoms with van der Waals surface area (Å²) in [6, 6.07) is 4.93. The van der Waals surface area contributed by atoms with Crippen molar-refractivity contribution in [1.82, 2.24) is 5.32 Å². The van der Waals surface area contributed by atoms with Gasteiger partial charge in [-0.2, -0.15) is 0 Å². The maximum absolute atomic E-state index is 10.9. The van der Waals surface area contributed by atoms with Crippen LogP contribution in [0.5, 0.6) is 0 Å². The lowest BCUT2D eigenvalue weighted by atomic mass is 10.1. The number of carboxylic acids is 1. The van der Waals surface area contributed by atoms with Crippen molar-refractivity contribution in [3.63, 3.8) is 0 Å². The van der Waals surface area contributed by atoms with Crippen LogP contribution in [0.1, 0.15) is 35.7 Å². The van der Waals surface area contributed by atoms with Gasteiger partial charge in [0.15, 0.2) is 5.11 Å². The number of carboxylic acid groups (broad SMARTS) is 1. The molecule has 0 spiro atoms. The van der Waals surface area contributed by atoms with Crippen LogP contribution in [-0.2, 0) is 0 Å². The Bertz CT molecular complexity index is 447. The Morgan fingerprint density at radius 3 is 2.78 bits per heavy atom. The molecule has 0 unspecified atom stereocenters. The molecule has 0 amide bonds. The highest BCUT2D eigenvalue weighted by Crippen LogP contribution is 2.16. The molecule has 0 aromatic heterocycles. The van der Waals surface area contributed by atoms with E-state index in [1.807, 2.05) is 6.92 Å². The van der Waals surface area contributed by atoms with Crippen molar-refractivity contribution in [2.24, 2.45) is 0 Å². The number of aromatic carboxylic acids is 1. The van der Waals surface area contributed by atoms with Crippen LogP contribution >= 0.6 is 12.2 Å². The van der Waals surface area contributed by atoms with Crippen molar-refractivity contribution >= 4 is 29.0 Å². The van der Waals surface area contributed by atoms with Gasteiger partial charge >= 0.3 is 5.97 Å². The summed E-state index contributed by atoms with van der Waals surface area (Å²) in [5, 5.41) is 15.6. The number of anilines is 1. The van der Waals surface area contributed by atoms with Gasteiger partial charge in [-0.3, -0.25) is 0 Å². The van der Waals surface area contributed by atoms with Gasteiger partial charge < -0.3 is 15.7 Å². The Kier molecular flexibility index (Phi) is 5.58. The van der Waals surface area contributed by atoms with Crippen molar-refractivity contribution in [3.8, 4) is 0 Å². The van der Waals surface area contributed by atoms with Gasteiger partial charge in [-0.15, -0.1) is 0 Å². The first-order chi connectivity index (χ1) is 8.54. The maximum Gasteiger partial charge on any atom is 0.335 e. The van der Waals surface area contributed by atoms with E-state index in [0.29, 0.717) is 5.11 Å². The second kappa shape index (κ2) is 6.96. The molecule has 0 aliphatic rings. The van der Waals surface area contributed by atoms with E-state index < -0.39 is 5.97 Å². The molecule has 4 nitrogen and oxygen atoms in total. The Morgan fingerprint density at radius 2 is 2.17 bits per heavy atom. The Balaban J connectivity index is 2.68. The molecule has 0 radical (unpaired) electrons. The summed E-state index contributed by atoms with van der Waals surface area (Å²) in [6.45, 7) is 4.83. The van der Waals surface area contributed by atoms with E-state index >= 15 is 0 Å². The summed E-state index contributed by atoms with van der Waals surface area (Å²) in [5.74, 6) is -0.942. The lowest BCUT2D eigenvalue weighted by Gasteiger charge is -2.12. The molecule has 18 heavy (non-hydrogen) atoms. The van der Waals surface area contributed by atoms with Gasteiger partial charge in [0.05, 0.1) is 5.56 Å². The van der Waals surface area contributed by atoms with Gasteiger partial charge in [0.2, 0.25) is 0 Å². The standard InChI is InChI=1S/C13H18N2O2S/c1-3-4-7-14-13(18)15-11-8-10(12(16)17)6-5-9(11)2/h5-6,8H,3-4,7H2,1-2H3,(H,16,17)(H2,14,15,18). The van der Waals surface area contributed by atoms with Gasteiger partial charge in [0, 0.05) is 12.2 Å². The Labute approximate surface area is 112 Å². The highest BCUT2D eigenvalue weighted by atomic mass is 32.1. The lowest BCUT2D eigenvalue weighted by molar-refractivity contribution is 0.0697. The molecule has 3 N–H and O–H groups in total. The first kappa shape index (κ1) is 14.4. The molecule has 1 aromatic carbocycles. The number of thiocarbonyl (C=S) groups is 1. The second-order valence-corrected chi connectivity index (χ2v) is 4.48. The molecule has 1 rings (SSSR count).